The van der Waals surface area contributed by atoms with Crippen LogP contribution in [0.15, 0.2) is 35.3 Å². The number of nitrogens with zero attached hydrogens (tertiary/aromatic N) is 1. The van der Waals surface area contributed by atoms with Crippen molar-refractivity contribution >= 4 is 11.9 Å². The average Bonchev–Trinajstić information content (AvgIpc) is 3.32. The highest BCUT2D eigenvalue weighted by atomic mass is 16.1. The number of benzene rings is 1. The quantitative estimate of drug-likeness (QED) is 0.530. The molecule has 0 bridgehead atoms. The van der Waals surface area contributed by atoms with Crippen LogP contribution >= 0.6 is 0 Å². The van der Waals surface area contributed by atoms with Gasteiger partial charge >= 0.3 is 0 Å². The second-order valence-corrected chi connectivity index (χ2v) is 6.94. The van der Waals surface area contributed by atoms with Crippen molar-refractivity contribution in [3.8, 4) is 0 Å². The molecule has 5 nitrogen and oxygen atoms in total. The van der Waals surface area contributed by atoms with Crippen molar-refractivity contribution in [2.24, 2.45) is 16.1 Å². The Bertz CT molecular complexity index is 562. The fourth-order valence-corrected chi connectivity index (χ4v) is 2.46. The number of hydrogen-bond donors (Lipinski definition) is 3. The van der Waals surface area contributed by atoms with E-state index in [1.54, 1.807) is 0 Å². The number of nitrogens with two attached hydrogens (primary N) is 1. The van der Waals surface area contributed by atoms with E-state index in [1.165, 1.54) is 18.4 Å². The first-order valence-electron chi connectivity index (χ1n) is 8.27. The summed E-state index contributed by atoms with van der Waals surface area (Å²) < 4.78 is 0. The minimum Gasteiger partial charge on any atom is -0.369 e. The third kappa shape index (κ3) is 4.47. The van der Waals surface area contributed by atoms with E-state index in [0.29, 0.717) is 6.54 Å². The van der Waals surface area contributed by atoms with Gasteiger partial charge in [-0.25, -0.2) is 0 Å². The van der Waals surface area contributed by atoms with Crippen LogP contribution in [0, 0.1) is 5.41 Å². The molecule has 0 aliphatic heterocycles. The van der Waals surface area contributed by atoms with Gasteiger partial charge in [-0.2, -0.15) is 0 Å². The van der Waals surface area contributed by atoms with Gasteiger partial charge in [-0.3, -0.25) is 9.79 Å². The molecule has 0 radical (unpaired) electrons. The zero-order chi connectivity index (χ0) is 16.9. The van der Waals surface area contributed by atoms with E-state index >= 15 is 0 Å². The van der Waals surface area contributed by atoms with Crippen molar-refractivity contribution in [1.82, 2.24) is 10.6 Å². The molecule has 1 aromatic carbocycles. The minimum absolute atomic E-state index is 0.219. The van der Waals surface area contributed by atoms with Gasteiger partial charge in [0.05, 0.1) is 12.0 Å². The molecule has 5 heteroatoms. The zero-order valence-corrected chi connectivity index (χ0v) is 14.4. The van der Waals surface area contributed by atoms with Gasteiger partial charge in [-0.15, -0.1) is 0 Å². The molecular formula is C18H28N4O. The van der Waals surface area contributed by atoms with Crippen LogP contribution in [0.5, 0.6) is 0 Å². The van der Waals surface area contributed by atoms with Crippen LogP contribution in [0.1, 0.15) is 39.2 Å². The van der Waals surface area contributed by atoms with Crippen LogP contribution in [0.4, 0.5) is 0 Å². The van der Waals surface area contributed by atoms with E-state index in [0.717, 1.165) is 19.0 Å². The van der Waals surface area contributed by atoms with Gasteiger partial charge < -0.3 is 16.4 Å². The van der Waals surface area contributed by atoms with E-state index in [1.807, 2.05) is 26.8 Å². The van der Waals surface area contributed by atoms with Crippen LogP contribution in [0.3, 0.4) is 0 Å². The summed E-state index contributed by atoms with van der Waals surface area (Å²) in [6, 6.07) is 10.6. The molecule has 0 unspecified atom stereocenters. The number of nitrogens with one attached hydrogen (secondary N) is 2. The van der Waals surface area contributed by atoms with Crippen molar-refractivity contribution in [3.63, 3.8) is 0 Å². The molecule has 4 N–H and O–H groups in total. The molecule has 1 aromatic rings. The van der Waals surface area contributed by atoms with Crippen LogP contribution in [-0.4, -0.2) is 31.5 Å². The van der Waals surface area contributed by atoms with Gasteiger partial charge in [0.2, 0.25) is 5.91 Å². The number of aliphatic imine (C=N–C) groups is 1. The summed E-state index contributed by atoms with van der Waals surface area (Å²) in [5, 5.41) is 6.65. The van der Waals surface area contributed by atoms with Crippen LogP contribution in [0.25, 0.3) is 0 Å². The number of carbonyl (C=O) groups is 1. The first-order chi connectivity index (χ1) is 10.9. The standard InChI is InChI=1S/C18H28N4O/c1-4-20-16(21-12-17(2,3)15(19)23)22-13-18(10-11-18)14-8-6-5-7-9-14/h5-9H,4,10-13H2,1-3H3,(H2,19,23)(H2,20,21,22). The summed E-state index contributed by atoms with van der Waals surface area (Å²) in [5.41, 5.74) is 6.37. The molecule has 0 heterocycles. The van der Waals surface area contributed by atoms with Crippen LogP contribution < -0.4 is 16.4 Å². The highest BCUT2D eigenvalue weighted by Gasteiger charge is 2.44. The predicted octanol–water partition coefficient (Wildman–Crippen LogP) is 1.78. The van der Waals surface area contributed by atoms with E-state index in [2.05, 4.69) is 39.9 Å². The molecule has 1 aliphatic carbocycles. The highest BCUT2D eigenvalue weighted by molar-refractivity contribution is 5.82. The Kier molecular flexibility index (Phi) is 5.29. The number of rotatable bonds is 7. The molecule has 0 saturated heterocycles. The maximum atomic E-state index is 11.4. The monoisotopic (exact) mass is 316 g/mol. The van der Waals surface area contributed by atoms with E-state index in [-0.39, 0.29) is 11.3 Å². The topological polar surface area (TPSA) is 79.5 Å². The van der Waals surface area contributed by atoms with Gasteiger partial charge in [0.25, 0.3) is 0 Å². The Balaban J connectivity index is 1.99. The van der Waals surface area contributed by atoms with Gasteiger partial charge in [0, 0.05) is 18.5 Å². The summed E-state index contributed by atoms with van der Waals surface area (Å²) >= 11 is 0. The lowest BCUT2D eigenvalue weighted by Crippen LogP contribution is -2.42. The second kappa shape index (κ2) is 7.02. The number of carbonyl (C=O) groups excluding carboxylic acids is 1. The Morgan fingerprint density at radius 2 is 1.91 bits per heavy atom. The highest BCUT2D eigenvalue weighted by Crippen LogP contribution is 2.47. The molecule has 1 aliphatic rings. The molecular weight excluding hydrogens is 288 g/mol. The summed E-state index contributed by atoms with van der Waals surface area (Å²) in [5.74, 6) is 0.407. The molecule has 23 heavy (non-hydrogen) atoms. The maximum absolute atomic E-state index is 11.4. The first-order valence-corrected chi connectivity index (χ1v) is 8.27. The molecule has 0 aromatic heterocycles. The number of hydrogen-bond acceptors (Lipinski definition) is 2. The predicted molar refractivity (Wildman–Crippen MR) is 94.3 cm³/mol. The Morgan fingerprint density at radius 1 is 1.26 bits per heavy atom. The fraction of sp³-hybridized carbons (Fsp3) is 0.556. The molecule has 1 amide bonds. The normalized spacial score (nSPS) is 16.7. The van der Waals surface area contributed by atoms with Gasteiger partial charge in [0.1, 0.15) is 0 Å². The Morgan fingerprint density at radius 3 is 2.43 bits per heavy atom. The van der Waals surface area contributed by atoms with Gasteiger partial charge in [-0.1, -0.05) is 30.3 Å². The van der Waals surface area contributed by atoms with Gasteiger partial charge in [-0.05, 0) is 39.2 Å². The third-order valence-corrected chi connectivity index (χ3v) is 4.48. The van der Waals surface area contributed by atoms with E-state index < -0.39 is 5.41 Å². The summed E-state index contributed by atoms with van der Waals surface area (Å²) in [6.45, 7) is 7.65. The molecule has 0 spiro atoms. The summed E-state index contributed by atoms with van der Waals surface area (Å²) in [6.07, 6.45) is 2.38. The Labute approximate surface area is 138 Å². The fourth-order valence-electron chi connectivity index (χ4n) is 2.46. The summed E-state index contributed by atoms with van der Waals surface area (Å²) in [4.78, 5) is 15.9. The van der Waals surface area contributed by atoms with E-state index in [9.17, 15) is 4.79 Å². The van der Waals surface area contributed by atoms with Crippen molar-refractivity contribution in [1.29, 1.82) is 0 Å². The zero-order valence-electron chi connectivity index (χ0n) is 14.4. The lowest BCUT2D eigenvalue weighted by atomic mass is 9.93. The van der Waals surface area contributed by atoms with Crippen LogP contribution in [0.2, 0.25) is 0 Å². The summed E-state index contributed by atoms with van der Waals surface area (Å²) in [7, 11) is 0. The molecule has 2 rings (SSSR count). The molecule has 0 atom stereocenters. The average molecular weight is 316 g/mol. The van der Waals surface area contributed by atoms with Crippen molar-refractivity contribution in [2.45, 2.75) is 39.0 Å². The lowest BCUT2D eigenvalue weighted by Gasteiger charge is -2.21. The molecule has 1 fully saturated rings. The maximum Gasteiger partial charge on any atom is 0.224 e. The second-order valence-electron chi connectivity index (χ2n) is 6.94. The third-order valence-electron chi connectivity index (χ3n) is 4.48. The largest absolute Gasteiger partial charge is 0.369 e. The van der Waals surface area contributed by atoms with E-state index in [4.69, 9.17) is 5.73 Å². The number of primary amides is 1. The SMILES string of the molecule is CCNC(=NCC(C)(C)C(N)=O)NCC1(c2ccccc2)CC1. The minimum atomic E-state index is -0.640. The van der Waals surface area contributed by atoms with Crippen molar-refractivity contribution in [3.05, 3.63) is 35.9 Å². The lowest BCUT2D eigenvalue weighted by molar-refractivity contribution is -0.125. The van der Waals surface area contributed by atoms with Crippen molar-refractivity contribution < 1.29 is 4.79 Å². The van der Waals surface area contributed by atoms with Crippen LogP contribution in [-0.2, 0) is 10.2 Å². The number of guanidine groups is 1. The van der Waals surface area contributed by atoms with Gasteiger partial charge in [0.15, 0.2) is 5.96 Å². The first kappa shape index (κ1) is 17.3. The molecule has 1 saturated carbocycles. The number of amides is 1. The molecule has 126 valence electrons. The smallest absolute Gasteiger partial charge is 0.224 e. The Hall–Kier alpha value is -2.04. The van der Waals surface area contributed by atoms with Crippen molar-refractivity contribution in [2.75, 3.05) is 19.6 Å².